The highest BCUT2D eigenvalue weighted by Crippen LogP contribution is 2.30. The van der Waals surface area contributed by atoms with Gasteiger partial charge in [0.1, 0.15) is 6.04 Å². The van der Waals surface area contributed by atoms with Gasteiger partial charge in [-0.05, 0) is 24.7 Å². The Balaban J connectivity index is 1.75. The van der Waals surface area contributed by atoms with Crippen molar-refractivity contribution in [1.82, 2.24) is 4.98 Å². The second-order valence-corrected chi connectivity index (χ2v) is 6.60. The minimum atomic E-state index is -1.04. The van der Waals surface area contributed by atoms with E-state index in [1.807, 2.05) is 0 Å². The first-order valence-electron chi connectivity index (χ1n) is 7.24. The van der Waals surface area contributed by atoms with Crippen molar-refractivity contribution in [2.24, 2.45) is 17.6 Å². The van der Waals surface area contributed by atoms with Gasteiger partial charge in [0.05, 0.1) is 5.69 Å². The van der Waals surface area contributed by atoms with Crippen LogP contribution in [0.3, 0.4) is 0 Å². The van der Waals surface area contributed by atoms with Gasteiger partial charge >= 0.3 is 5.97 Å². The normalized spacial score (nSPS) is 24.3. The molecular weight excluding hydrogens is 274 g/mol. The molecule has 5 nitrogen and oxygen atoms in total. The van der Waals surface area contributed by atoms with Crippen molar-refractivity contribution < 1.29 is 9.90 Å². The summed E-state index contributed by atoms with van der Waals surface area (Å²) in [5.41, 5.74) is 5.96. The van der Waals surface area contributed by atoms with E-state index in [-0.39, 0.29) is 0 Å². The summed E-state index contributed by atoms with van der Waals surface area (Å²) in [7, 11) is 0. The number of carbonyl (C=O) groups is 1. The zero-order valence-electron chi connectivity index (χ0n) is 11.8. The van der Waals surface area contributed by atoms with E-state index in [0.29, 0.717) is 5.69 Å². The molecule has 1 aromatic heterocycles. The number of nitrogens with two attached hydrogens (primary N) is 1. The number of nitrogens with one attached hydrogen (secondary N) is 1. The first-order valence-corrected chi connectivity index (χ1v) is 8.12. The molecule has 1 aromatic rings. The Hall–Kier alpha value is -1.14. The minimum Gasteiger partial charge on any atom is -0.480 e. The van der Waals surface area contributed by atoms with E-state index in [0.717, 1.165) is 29.9 Å². The third-order valence-corrected chi connectivity index (χ3v) is 4.80. The number of aromatic nitrogens is 1. The molecule has 1 fully saturated rings. The zero-order chi connectivity index (χ0) is 14.5. The molecule has 1 heterocycles. The summed E-state index contributed by atoms with van der Waals surface area (Å²) in [5, 5.41) is 14.6. The van der Waals surface area contributed by atoms with E-state index in [9.17, 15) is 4.79 Å². The molecule has 0 radical (unpaired) electrons. The van der Waals surface area contributed by atoms with Gasteiger partial charge in [-0.1, -0.05) is 26.2 Å². The van der Waals surface area contributed by atoms with E-state index < -0.39 is 12.0 Å². The molecule has 6 heteroatoms. The fraction of sp³-hybridized carbons (Fsp3) is 0.714. The fourth-order valence-electron chi connectivity index (χ4n) is 2.84. The zero-order valence-corrected chi connectivity index (χ0v) is 12.7. The highest BCUT2D eigenvalue weighted by atomic mass is 32.1. The van der Waals surface area contributed by atoms with Crippen molar-refractivity contribution in [2.45, 2.75) is 45.1 Å². The van der Waals surface area contributed by atoms with Gasteiger partial charge in [0, 0.05) is 11.9 Å². The second kappa shape index (κ2) is 7.04. The Bertz CT molecular complexity index is 449. The van der Waals surface area contributed by atoms with Gasteiger partial charge in [-0.3, -0.25) is 4.79 Å². The summed E-state index contributed by atoms with van der Waals surface area (Å²) in [6.07, 6.45) is 6.53. The van der Waals surface area contributed by atoms with Gasteiger partial charge in [-0.25, -0.2) is 4.98 Å². The predicted molar refractivity (Wildman–Crippen MR) is 80.9 cm³/mol. The number of hydrogen-bond acceptors (Lipinski definition) is 5. The van der Waals surface area contributed by atoms with Crippen LogP contribution in [0.2, 0.25) is 0 Å². The Morgan fingerprint density at radius 1 is 1.65 bits per heavy atom. The highest BCUT2D eigenvalue weighted by Gasteiger charge is 2.19. The molecule has 0 saturated heterocycles. The number of carboxylic acid groups (broad SMARTS) is 1. The van der Waals surface area contributed by atoms with Crippen molar-refractivity contribution >= 4 is 22.4 Å². The van der Waals surface area contributed by atoms with Crippen LogP contribution in [-0.4, -0.2) is 22.6 Å². The van der Waals surface area contributed by atoms with Crippen molar-refractivity contribution in [3.63, 3.8) is 0 Å². The van der Waals surface area contributed by atoms with Crippen LogP contribution < -0.4 is 11.1 Å². The minimum absolute atomic E-state index is 0.427. The highest BCUT2D eigenvalue weighted by molar-refractivity contribution is 7.13. The maximum absolute atomic E-state index is 10.8. The molecule has 4 N–H and O–H groups in total. The third-order valence-electron chi connectivity index (χ3n) is 3.98. The smallest absolute Gasteiger partial charge is 0.326 e. The van der Waals surface area contributed by atoms with Gasteiger partial charge in [-0.15, -0.1) is 11.3 Å². The van der Waals surface area contributed by atoms with Crippen molar-refractivity contribution in [2.75, 3.05) is 11.9 Å². The molecule has 0 aromatic carbocycles. The summed E-state index contributed by atoms with van der Waals surface area (Å²) in [5.74, 6) is 0.624. The molecule has 112 valence electrons. The van der Waals surface area contributed by atoms with Gasteiger partial charge < -0.3 is 16.2 Å². The summed E-state index contributed by atoms with van der Waals surface area (Å²) in [6.45, 7) is 3.23. The summed E-state index contributed by atoms with van der Waals surface area (Å²) in [4.78, 5) is 15.0. The number of anilines is 1. The van der Waals surface area contributed by atoms with Crippen molar-refractivity contribution in [3.8, 4) is 0 Å². The van der Waals surface area contributed by atoms with E-state index in [2.05, 4.69) is 17.2 Å². The lowest BCUT2D eigenvalue weighted by Crippen LogP contribution is -2.21. The number of nitrogens with zero attached hydrogens (tertiary/aromatic N) is 1. The predicted octanol–water partition coefficient (Wildman–Crippen LogP) is 2.86. The summed E-state index contributed by atoms with van der Waals surface area (Å²) >= 11 is 1.42. The summed E-state index contributed by atoms with van der Waals surface area (Å²) < 4.78 is 0. The molecule has 1 aliphatic rings. The van der Waals surface area contributed by atoms with E-state index in [1.165, 1.54) is 37.0 Å². The fourth-order valence-corrected chi connectivity index (χ4v) is 3.62. The van der Waals surface area contributed by atoms with Gasteiger partial charge in [0.15, 0.2) is 5.13 Å². The molecule has 1 aliphatic carbocycles. The lowest BCUT2D eigenvalue weighted by Gasteiger charge is -2.26. The maximum Gasteiger partial charge on any atom is 0.326 e. The Morgan fingerprint density at radius 3 is 3.15 bits per heavy atom. The molecule has 0 aliphatic heterocycles. The van der Waals surface area contributed by atoms with Crippen LogP contribution in [-0.2, 0) is 4.79 Å². The standard InChI is InChI=1S/C14H23N3O2S/c1-9-3-2-4-10(7-9)5-6-16-14-17-11(8-20-14)12(15)13(18)19/h8-10,12H,2-7,15H2,1H3,(H,16,17)(H,18,19). The molecule has 0 spiro atoms. The Kier molecular flexibility index (Phi) is 5.37. The molecule has 3 atom stereocenters. The largest absolute Gasteiger partial charge is 0.480 e. The topological polar surface area (TPSA) is 88.2 Å². The SMILES string of the molecule is CC1CCCC(CCNc2nc(C(N)C(=O)O)cs2)C1. The van der Waals surface area contributed by atoms with Crippen molar-refractivity contribution in [3.05, 3.63) is 11.1 Å². The van der Waals surface area contributed by atoms with Crippen molar-refractivity contribution in [1.29, 1.82) is 0 Å². The maximum atomic E-state index is 10.8. The van der Waals surface area contributed by atoms with Crippen LogP contribution in [0.15, 0.2) is 5.38 Å². The number of rotatable bonds is 6. The van der Waals surface area contributed by atoms with E-state index >= 15 is 0 Å². The van der Waals surface area contributed by atoms with E-state index in [4.69, 9.17) is 10.8 Å². The van der Waals surface area contributed by atoms with E-state index in [1.54, 1.807) is 5.38 Å². The Labute approximate surface area is 123 Å². The lowest BCUT2D eigenvalue weighted by molar-refractivity contribution is -0.138. The number of hydrogen-bond donors (Lipinski definition) is 3. The molecule has 0 bridgehead atoms. The average Bonchev–Trinajstić information content (AvgIpc) is 2.86. The molecular formula is C14H23N3O2S. The second-order valence-electron chi connectivity index (χ2n) is 5.75. The quantitative estimate of drug-likeness (QED) is 0.751. The Morgan fingerprint density at radius 2 is 2.45 bits per heavy atom. The summed E-state index contributed by atoms with van der Waals surface area (Å²) in [6, 6.07) is -1.03. The number of thiazole rings is 1. The van der Waals surface area contributed by atoms with Gasteiger partial charge in [-0.2, -0.15) is 0 Å². The van der Waals surface area contributed by atoms with Gasteiger partial charge in [0.2, 0.25) is 0 Å². The number of aliphatic carboxylic acids is 1. The van der Waals surface area contributed by atoms with Crippen LogP contribution in [0.4, 0.5) is 5.13 Å². The molecule has 2 rings (SSSR count). The van der Waals surface area contributed by atoms with Crippen LogP contribution >= 0.6 is 11.3 Å². The van der Waals surface area contributed by atoms with Crippen LogP contribution in [0.25, 0.3) is 0 Å². The average molecular weight is 297 g/mol. The first kappa shape index (κ1) is 15.3. The van der Waals surface area contributed by atoms with Gasteiger partial charge in [0.25, 0.3) is 0 Å². The monoisotopic (exact) mass is 297 g/mol. The molecule has 20 heavy (non-hydrogen) atoms. The molecule has 3 unspecified atom stereocenters. The van der Waals surface area contributed by atoms with Crippen LogP contribution in [0.1, 0.15) is 50.8 Å². The van der Waals surface area contributed by atoms with Crippen LogP contribution in [0.5, 0.6) is 0 Å². The third kappa shape index (κ3) is 4.18. The van der Waals surface area contributed by atoms with Crippen LogP contribution in [0, 0.1) is 11.8 Å². The lowest BCUT2D eigenvalue weighted by atomic mass is 9.81. The molecule has 1 saturated carbocycles. The molecule has 0 amide bonds. The first-order chi connectivity index (χ1) is 9.56. The number of carboxylic acids is 1.